The third-order valence-electron chi connectivity index (χ3n) is 4.67. The lowest BCUT2D eigenvalue weighted by Gasteiger charge is -2.14. The molecule has 1 N–H and O–H groups in total. The summed E-state index contributed by atoms with van der Waals surface area (Å²) in [5.41, 5.74) is 4.46. The lowest BCUT2D eigenvalue weighted by molar-refractivity contribution is 0.0931. The van der Waals surface area contributed by atoms with E-state index >= 15 is 0 Å². The zero-order chi connectivity index (χ0) is 18.1. The molecule has 1 aliphatic rings. The van der Waals surface area contributed by atoms with Crippen LogP contribution in [0.4, 0.5) is 0 Å². The first-order valence-corrected chi connectivity index (χ1v) is 8.69. The van der Waals surface area contributed by atoms with Gasteiger partial charge in [-0.3, -0.25) is 4.79 Å². The maximum Gasteiger partial charge on any atom is 0.270 e. The van der Waals surface area contributed by atoms with Crippen molar-refractivity contribution in [3.05, 3.63) is 59.0 Å². The van der Waals surface area contributed by atoms with Crippen molar-refractivity contribution in [2.45, 2.75) is 39.2 Å². The summed E-state index contributed by atoms with van der Waals surface area (Å²) in [6.07, 6.45) is 5.52. The van der Waals surface area contributed by atoms with Crippen LogP contribution in [0.3, 0.4) is 0 Å². The van der Waals surface area contributed by atoms with Crippen molar-refractivity contribution in [2.24, 2.45) is 0 Å². The Labute approximate surface area is 150 Å². The molecule has 0 bridgehead atoms. The molecule has 132 valence electrons. The lowest BCUT2D eigenvalue weighted by atomic mass is 10.0. The molecule has 0 unspecified atom stereocenters. The van der Waals surface area contributed by atoms with E-state index in [4.69, 9.17) is 4.52 Å². The highest BCUT2D eigenvalue weighted by atomic mass is 16.5. The highest BCUT2D eigenvalue weighted by molar-refractivity contribution is 5.93. The van der Waals surface area contributed by atoms with Gasteiger partial charge in [0.25, 0.3) is 5.91 Å². The number of carbonyl (C=O) groups is 1. The summed E-state index contributed by atoms with van der Waals surface area (Å²) in [7, 11) is 0. The predicted octanol–water partition coefficient (Wildman–Crippen LogP) is 2.81. The van der Waals surface area contributed by atoms with E-state index in [0.717, 1.165) is 29.5 Å². The number of benzene rings is 1. The molecule has 7 nitrogen and oxygen atoms in total. The molecule has 2 heterocycles. The Hall–Kier alpha value is -3.09. The van der Waals surface area contributed by atoms with Gasteiger partial charge in [0.1, 0.15) is 12.0 Å². The molecular weight excluding hydrogens is 330 g/mol. The minimum atomic E-state index is -0.169. The van der Waals surface area contributed by atoms with Crippen molar-refractivity contribution in [1.29, 1.82) is 0 Å². The van der Waals surface area contributed by atoms with Crippen molar-refractivity contribution in [3.8, 4) is 11.4 Å². The van der Waals surface area contributed by atoms with Crippen LogP contribution in [0.15, 0.2) is 35.2 Å². The highest BCUT2D eigenvalue weighted by Crippen LogP contribution is 2.34. The quantitative estimate of drug-likeness (QED) is 0.778. The third-order valence-corrected chi connectivity index (χ3v) is 4.67. The average Bonchev–Trinajstić information content (AvgIpc) is 3.29. The highest BCUT2D eigenvalue weighted by Gasteiger charge is 2.26. The van der Waals surface area contributed by atoms with Gasteiger partial charge in [-0.25, -0.2) is 9.97 Å². The molecule has 0 radical (unpaired) electrons. The van der Waals surface area contributed by atoms with Gasteiger partial charge < -0.3 is 9.84 Å². The Kier molecular flexibility index (Phi) is 4.20. The minimum absolute atomic E-state index is 0.0163. The molecule has 0 aliphatic heterocycles. The normalized spacial score (nSPS) is 15.7. The van der Waals surface area contributed by atoms with Gasteiger partial charge in [-0.05, 0) is 42.5 Å². The summed E-state index contributed by atoms with van der Waals surface area (Å²) >= 11 is 0. The second kappa shape index (κ2) is 6.67. The van der Waals surface area contributed by atoms with Gasteiger partial charge in [0, 0.05) is 18.2 Å². The van der Waals surface area contributed by atoms with Crippen LogP contribution >= 0.6 is 0 Å². The van der Waals surface area contributed by atoms with Crippen LogP contribution in [0.25, 0.3) is 11.4 Å². The van der Waals surface area contributed by atoms with Crippen LogP contribution < -0.4 is 5.32 Å². The molecule has 1 aliphatic carbocycles. The number of carbonyl (C=O) groups excluding carboxylic acids is 1. The molecule has 0 saturated heterocycles. The van der Waals surface area contributed by atoms with E-state index in [2.05, 4.69) is 31.5 Å². The van der Waals surface area contributed by atoms with Crippen molar-refractivity contribution < 1.29 is 9.32 Å². The zero-order valence-electron chi connectivity index (χ0n) is 14.7. The second-order valence-corrected chi connectivity index (χ2v) is 6.40. The Morgan fingerprint density at radius 3 is 3.04 bits per heavy atom. The maximum atomic E-state index is 12.5. The van der Waals surface area contributed by atoms with Gasteiger partial charge in [0.05, 0.1) is 6.04 Å². The largest absolute Gasteiger partial charge is 0.344 e. The van der Waals surface area contributed by atoms with Gasteiger partial charge >= 0.3 is 0 Å². The molecule has 1 aromatic carbocycles. The van der Waals surface area contributed by atoms with E-state index in [1.807, 2.05) is 26.0 Å². The Bertz CT molecular complexity index is 966. The van der Waals surface area contributed by atoms with Crippen LogP contribution in [0.1, 0.15) is 52.5 Å². The summed E-state index contributed by atoms with van der Waals surface area (Å²) < 4.78 is 5.19. The monoisotopic (exact) mass is 349 g/mol. The van der Waals surface area contributed by atoms with E-state index in [1.54, 1.807) is 6.20 Å². The number of nitrogens with one attached hydrogen (secondary N) is 1. The smallest absolute Gasteiger partial charge is 0.270 e. The Morgan fingerprint density at radius 2 is 2.27 bits per heavy atom. The number of aryl methyl sites for hydroxylation is 3. The number of hydrogen-bond donors (Lipinski definition) is 1. The number of nitrogens with zero attached hydrogens (tertiary/aromatic N) is 4. The van der Waals surface area contributed by atoms with E-state index < -0.39 is 0 Å². The van der Waals surface area contributed by atoms with Gasteiger partial charge in [0.15, 0.2) is 0 Å². The Morgan fingerprint density at radius 1 is 1.38 bits per heavy atom. The zero-order valence-corrected chi connectivity index (χ0v) is 14.7. The fraction of sp³-hybridized carbons (Fsp3) is 0.316. The van der Waals surface area contributed by atoms with Crippen molar-refractivity contribution in [2.75, 3.05) is 0 Å². The van der Waals surface area contributed by atoms with Crippen molar-refractivity contribution in [3.63, 3.8) is 0 Å². The predicted molar refractivity (Wildman–Crippen MR) is 94.4 cm³/mol. The first kappa shape index (κ1) is 16.4. The molecular formula is C19H19N5O2. The van der Waals surface area contributed by atoms with Gasteiger partial charge in [-0.1, -0.05) is 24.2 Å². The molecule has 3 aromatic rings. The number of rotatable bonds is 4. The van der Waals surface area contributed by atoms with Crippen molar-refractivity contribution in [1.82, 2.24) is 25.4 Å². The van der Waals surface area contributed by atoms with Crippen LogP contribution in [-0.2, 0) is 12.8 Å². The van der Waals surface area contributed by atoms with E-state index in [-0.39, 0.29) is 11.9 Å². The Balaban J connectivity index is 1.55. The lowest BCUT2D eigenvalue weighted by Crippen LogP contribution is -2.28. The van der Waals surface area contributed by atoms with Crippen LogP contribution in [0.2, 0.25) is 0 Å². The first-order chi connectivity index (χ1) is 12.7. The molecule has 26 heavy (non-hydrogen) atoms. The molecule has 0 spiro atoms. The third kappa shape index (κ3) is 2.96. The second-order valence-electron chi connectivity index (χ2n) is 6.40. The summed E-state index contributed by atoms with van der Waals surface area (Å²) in [6.45, 7) is 3.81. The average molecular weight is 349 g/mol. The molecule has 1 atom stereocenters. The minimum Gasteiger partial charge on any atom is -0.344 e. The van der Waals surface area contributed by atoms with Crippen LogP contribution in [-0.4, -0.2) is 26.0 Å². The maximum absolute atomic E-state index is 12.5. The van der Waals surface area contributed by atoms with Crippen LogP contribution in [0.5, 0.6) is 0 Å². The number of hydrogen-bond acceptors (Lipinski definition) is 6. The molecule has 0 saturated carbocycles. The molecule has 0 fully saturated rings. The van der Waals surface area contributed by atoms with Gasteiger partial charge in [-0.15, -0.1) is 0 Å². The van der Waals surface area contributed by atoms with Gasteiger partial charge in [-0.2, -0.15) is 4.98 Å². The summed E-state index contributed by atoms with van der Waals surface area (Å²) in [5, 5.41) is 7.12. The number of fused-ring (bicyclic) bond motifs is 1. The number of aromatic nitrogens is 4. The standard InChI is InChI=1S/C19H19N5O2/c1-3-16-23-18(24-26-16)13-4-6-14-12(8-13)5-7-15(14)22-19(25)17-11(2)9-20-10-21-17/h4,6,8-10,15H,3,5,7H2,1-2H3,(H,22,25)/t15-/m1/s1. The molecule has 4 rings (SSSR count). The van der Waals surface area contributed by atoms with E-state index in [0.29, 0.717) is 23.8 Å². The number of amides is 1. The van der Waals surface area contributed by atoms with Gasteiger partial charge in [0.2, 0.25) is 11.7 Å². The topological polar surface area (TPSA) is 93.8 Å². The fourth-order valence-electron chi connectivity index (χ4n) is 3.29. The molecule has 1 amide bonds. The molecule has 7 heteroatoms. The van der Waals surface area contributed by atoms with Crippen molar-refractivity contribution >= 4 is 5.91 Å². The van der Waals surface area contributed by atoms with Crippen LogP contribution in [0, 0.1) is 6.92 Å². The summed E-state index contributed by atoms with van der Waals surface area (Å²) in [6, 6.07) is 6.08. The van der Waals surface area contributed by atoms with E-state index in [1.165, 1.54) is 11.9 Å². The summed E-state index contributed by atoms with van der Waals surface area (Å²) in [4.78, 5) is 24.9. The first-order valence-electron chi connectivity index (χ1n) is 8.69. The van der Waals surface area contributed by atoms with E-state index in [9.17, 15) is 4.79 Å². The fourth-order valence-corrected chi connectivity index (χ4v) is 3.29. The molecule has 2 aromatic heterocycles. The summed E-state index contributed by atoms with van der Waals surface area (Å²) in [5.74, 6) is 1.07. The SMILES string of the molecule is CCc1nc(-c2ccc3c(c2)CC[C@H]3NC(=O)c2ncncc2C)no1.